The number of phenols is 1. The van der Waals surface area contributed by atoms with Gasteiger partial charge in [0.15, 0.2) is 17.5 Å². The van der Waals surface area contributed by atoms with Crippen LogP contribution in [0.2, 0.25) is 0 Å². The molecule has 0 radical (unpaired) electrons. The summed E-state index contributed by atoms with van der Waals surface area (Å²) in [4.78, 5) is 4.59. The lowest BCUT2D eigenvalue weighted by atomic mass is 10.0. The van der Waals surface area contributed by atoms with E-state index in [0.29, 0.717) is 18.2 Å². The molecule has 1 unspecified atom stereocenters. The van der Waals surface area contributed by atoms with Gasteiger partial charge in [-0.25, -0.2) is 4.99 Å². The molecule has 0 amide bonds. The molecule has 0 bridgehead atoms. The zero-order chi connectivity index (χ0) is 18.1. The van der Waals surface area contributed by atoms with Gasteiger partial charge in [0, 0.05) is 13.1 Å². The zero-order valence-electron chi connectivity index (χ0n) is 15.1. The molecule has 0 fully saturated rings. The maximum atomic E-state index is 9.86. The first-order valence-corrected chi connectivity index (χ1v) is 8.57. The van der Waals surface area contributed by atoms with E-state index in [9.17, 15) is 5.11 Å². The molecule has 134 valence electrons. The molecule has 0 aliphatic rings. The fraction of sp³-hybridized carbons (Fsp3) is 0.350. The van der Waals surface area contributed by atoms with Crippen LogP contribution in [0.5, 0.6) is 11.5 Å². The van der Waals surface area contributed by atoms with Crippen LogP contribution in [0.3, 0.4) is 0 Å². The number of hydrogen-bond acceptors (Lipinski definition) is 3. The Balaban J connectivity index is 1.97. The van der Waals surface area contributed by atoms with Crippen molar-refractivity contribution in [1.82, 2.24) is 10.6 Å². The normalized spacial score (nSPS) is 12.5. The molecule has 3 N–H and O–H groups in total. The van der Waals surface area contributed by atoms with Gasteiger partial charge in [-0.3, -0.25) is 0 Å². The minimum Gasteiger partial charge on any atom is -0.504 e. The van der Waals surface area contributed by atoms with Crippen molar-refractivity contribution in [3.63, 3.8) is 0 Å². The van der Waals surface area contributed by atoms with E-state index in [0.717, 1.165) is 24.6 Å². The molecule has 25 heavy (non-hydrogen) atoms. The second-order valence-corrected chi connectivity index (χ2v) is 5.89. The number of rotatable bonds is 7. The third-order valence-electron chi connectivity index (χ3n) is 3.95. The summed E-state index contributed by atoms with van der Waals surface area (Å²) in [5.41, 5.74) is 2.22. The number of hydrogen-bond donors (Lipinski definition) is 3. The molecule has 1 atom stereocenters. The van der Waals surface area contributed by atoms with Crippen LogP contribution in [-0.2, 0) is 6.54 Å². The Kier molecular flexibility index (Phi) is 7.14. The number of nitrogens with zero attached hydrogens (tertiary/aromatic N) is 1. The van der Waals surface area contributed by atoms with Crippen molar-refractivity contribution in [3.8, 4) is 11.5 Å². The Bertz CT molecular complexity index is 687. The van der Waals surface area contributed by atoms with Crippen molar-refractivity contribution in [2.45, 2.75) is 26.3 Å². The van der Waals surface area contributed by atoms with Crippen LogP contribution in [0.15, 0.2) is 53.5 Å². The molecular weight excluding hydrogens is 314 g/mol. The molecule has 5 heteroatoms. The van der Waals surface area contributed by atoms with E-state index in [4.69, 9.17) is 4.74 Å². The van der Waals surface area contributed by atoms with Gasteiger partial charge in [0.1, 0.15) is 0 Å². The van der Waals surface area contributed by atoms with Crippen LogP contribution in [-0.4, -0.2) is 31.3 Å². The largest absolute Gasteiger partial charge is 0.504 e. The molecule has 0 aliphatic heterocycles. The second kappa shape index (κ2) is 9.57. The fourth-order valence-corrected chi connectivity index (χ4v) is 2.50. The average molecular weight is 341 g/mol. The van der Waals surface area contributed by atoms with Crippen molar-refractivity contribution in [3.05, 3.63) is 59.7 Å². The third-order valence-corrected chi connectivity index (χ3v) is 3.95. The summed E-state index contributed by atoms with van der Waals surface area (Å²) in [5, 5.41) is 16.5. The Morgan fingerprint density at radius 2 is 1.92 bits per heavy atom. The number of aliphatic imine (C=N–C) groups is 1. The van der Waals surface area contributed by atoms with E-state index in [1.165, 1.54) is 12.7 Å². The molecule has 0 heterocycles. The number of benzene rings is 2. The summed E-state index contributed by atoms with van der Waals surface area (Å²) in [6.07, 6.45) is 0. The zero-order valence-corrected chi connectivity index (χ0v) is 15.1. The Morgan fingerprint density at radius 3 is 2.56 bits per heavy atom. The molecular formula is C20H27N3O2. The van der Waals surface area contributed by atoms with E-state index < -0.39 is 0 Å². The quantitative estimate of drug-likeness (QED) is 0.534. The Hall–Kier alpha value is -2.69. The van der Waals surface area contributed by atoms with Crippen molar-refractivity contribution in [1.29, 1.82) is 0 Å². The summed E-state index contributed by atoms with van der Waals surface area (Å²) in [5.74, 6) is 1.75. The molecule has 0 aliphatic carbocycles. The van der Waals surface area contributed by atoms with Gasteiger partial charge >= 0.3 is 0 Å². The number of ether oxygens (including phenoxy) is 1. The van der Waals surface area contributed by atoms with Crippen molar-refractivity contribution >= 4 is 5.96 Å². The monoisotopic (exact) mass is 341 g/mol. The van der Waals surface area contributed by atoms with Gasteiger partial charge in [0.2, 0.25) is 0 Å². The maximum Gasteiger partial charge on any atom is 0.191 e. The number of nitrogens with one attached hydrogen (secondary N) is 2. The minimum absolute atomic E-state index is 0.130. The van der Waals surface area contributed by atoms with Gasteiger partial charge in [-0.1, -0.05) is 43.3 Å². The Labute approximate surface area is 149 Å². The summed E-state index contributed by atoms with van der Waals surface area (Å²) in [7, 11) is 1.54. The van der Waals surface area contributed by atoms with E-state index in [1.807, 2.05) is 19.1 Å². The number of guanidine groups is 1. The van der Waals surface area contributed by atoms with E-state index >= 15 is 0 Å². The van der Waals surface area contributed by atoms with E-state index in [2.05, 4.69) is 46.8 Å². The van der Waals surface area contributed by atoms with Gasteiger partial charge in [-0.2, -0.15) is 0 Å². The number of aromatic hydroxyl groups is 1. The van der Waals surface area contributed by atoms with Gasteiger partial charge in [-0.05, 0) is 36.1 Å². The lowest BCUT2D eigenvalue weighted by Crippen LogP contribution is -2.39. The van der Waals surface area contributed by atoms with Crippen molar-refractivity contribution in [2.24, 2.45) is 4.99 Å². The lowest BCUT2D eigenvalue weighted by Gasteiger charge is -2.16. The first-order valence-electron chi connectivity index (χ1n) is 8.57. The molecule has 2 aromatic rings. The predicted molar refractivity (Wildman–Crippen MR) is 102 cm³/mol. The highest BCUT2D eigenvalue weighted by molar-refractivity contribution is 5.79. The molecule has 5 nitrogen and oxygen atoms in total. The van der Waals surface area contributed by atoms with E-state index in [-0.39, 0.29) is 5.75 Å². The second-order valence-electron chi connectivity index (χ2n) is 5.89. The highest BCUT2D eigenvalue weighted by Gasteiger charge is 2.07. The highest BCUT2D eigenvalue weighted by Crippen LogP contribution is 2.26. The van der Waals surface area contributed by atoms with Crippen LogP contribution in [0, 0.1) is 0 Å². The first kappa shape index (κ1) is 18.6. The smallest absolute Gasteiger partial charge is 0.191 e. The fourth-order valence-electron chi connectivity index (χ4n) is 2.50. The van der Waals surface area contributed by atoms with Crippen molar-refractivity contribution < 1.29 is 9.84 Å². The van der Waals surface area contributed by atoms with Gasteiger partial charge in [-0.15, -0.1) is 0 Å². The van der Waals surface area contributed by atoms with Crippen LogP contribution in [0.4, 0.5) is 0 Å². The standard InChI is InChI=1S/C20H27N3O2/c1-4-21-20(22-13-15(2)17-8-6-5-7-9-17)23-14-16-10-11-19(25-3)18(24)12-16/h5-12,15,24H,4,13-14H2,1-3H3,(H2,21,22,23). The molecule has 0 saturated heterocycles. The topological polar surface area (TPSA) is 65.9 Å². The number of phenolic OH excluding ortho intramolecular Hbond substituents is 1. The maximum absolute atomic E-state index is 9.86. The van der Waals surface area contributed by atoms with Crippen LogP contribution in [0.25, 0.3) is 0 Å². The Morgan fingerprint density at radius 1 is 1.16 bits per heavy atom. The minimum atomic E-state index is 0.130. The predicted octanol–water partition coefficient (Wildman–Crippen LogP) is 3.26. The summed E-state index contributed by atoms with van der Waals surface area (Å²) in [6, 6.07) is 15.7. The van der Waals surface area contributed by atoms with Crippen molar-refractivity contribution in [2.75, 3.05) is 20.2 Å². The summed E-state index contributed by atoms with van der Waals surface area (Å²) in [6.45, 7) is 6.29. The summed E-state index contributed by atoms with van der Waals surface area (Å²) >= 11 is 0. The average Bonchev–Trinajstić information content (AvgIpc) is 2.64. The lowest BCUT2D eigenvalue weighted by molar-refractivity contribution is 0.373. The number of methoxy groups -OCH3 is 1. The van der Waals surface area contributed by atoms with Gasteiger partial charge in [0.05, 0.1) is 13.7 Å². The van der Waals surface area contributed by atoms with Gasteiger partial charge < -0.3 is 20.5 Å². The van der Waals surface area contributed by atoms with E-state index in [1.54, 1.807) is 12.1 Å². The van der Waals surface area contributed by atoms with Crippen LogP contribution < -0.4 is 15.4 Å². The molecule has 2 rings (SSSR count). The third kappa shape index (κ3) is 5.71. The summed E-state index contributed by atoms with van der Waals surface area (Å²) < 4.78 is 5.06. The molecule has 0 aromatic heterocycles. The molecule has 0 saturated carbocycles. The SMILES string of the molecule is CCNC(=NCc1ccc(OC)c(O)c1)NCC(C)c1ccccc1. The van der Waals surface area contributed by atoms with Crippen LogP contribution in [0.1, 0.15) is 30.9 Å². The first-order chi connectivity index (χ1) is 12.1. The molecule has 0 spiro atoms. The highest BCUT2D eigenvalue weighted by atomic mass is 16.5. The van der Waals surface area contributed by atoms with Gasteiger partial charge in [0.25, 0.3) is 0 Å². The van der Waals surface area contributed by atoms with Crippen LogP contribution >= 0.6 is 0 Å². The molecule has 2 aromatic carbocycles.